The van der Waals surface area contributed by atoms with Crippen molar-refractivity contribution in [2.24, 2.45) is 10.9 Å². The molecule has 0 radical (unpaired) electrons. The fourth-order valence-corrected chi connectivity index (χ4v) is 7.23. The lowest BCUT2D eigenvalue weighted by atomic mass is 9.88. The van der Waals surface area contributed by atoms with Crippen LogP contribution in [0.5, 0.6) is 0 Å². The third kappa shape index (κ3) is 7.07. The first-order chi connectivity index (χ1) is 21.0. The summed E-state index contributed by atoms with van der Waals surface area (Å²) in [7, 11) is 0. The number of aliphatic imine (C=N–C) groups is 1. The minimum atomic E-state index is -0.982. The van der Waals surface area contributed by atoms with Crippen molar-refractivity contribution in [3.63, 3.8) is 0 Å². The number of carbonyl (C=O) groups is 1. The number of nitrogens with zero attached hydrogens (tertiary/aromatic N) is 3. The van der Waals surface area contributed by atoms with Crippen molar-refractivity contribution in [3.8, 4) is 0 Å². The first-order valence-electron chi connectivity index (χ1n) is 15.6. The van der Waals surface area contributed by atoms with Gasteiger partial charge in [-0.3, -0.25) is 9.79 Å². The van der Waals surface area contributed by atoms with Crippen LogP contribution in [0.2, 0.25) is 0 Å². The van der Waals surface area contributed by atoms with Crippen LogP contribution in [0.3, 0.4) is 0 Å². The van der Waals surface area contributed by atoms with E-state index in [1.54, 1.807) is 11.9 Å². The average molecular weight is 603 g/mol. The summed E-state index contributed by atoms with van der Waals surface area (Å²) in [6, 6.07) is 18.0. The fourth-order valence-electron chi connectivity index (χ4n) is 6.46. The normalized spacial score (nSPS) is 21.0. The molecule has 9 heteroatoms. The second-order valence-corrected chi connectivity index (χ2v) is 13.0. The zero-order valence-electron chi connectivity index (χ0n) is 24.6. The van der Waals surface area contributed by atoms with Crippen LogP contribution >= 0.6 is 11.9 Å². The summed E-state index contributed by atoms with van der Waals surface area (Å²) in [5, 5.41) is 27.5. The Balaban J connectivity index is 1.00. The van der Waals surface area contributed by atoms with Crippen molar-refractivity contribution in [1.29, 1.82) is 0 Å². The maximum Gasteiger partial charge on any atom is 0.253 e. The molecule has 3 aliphatic rings. The first kappa shape index (κ1) is 30.1. The Labute approximate surface area is 258 Å². The second kappa shape index (κ2) is 13.8. The van der Waals surface area contributed by atoms with E-state index < -0.39 is 17.7 Å². The molecular formula is C34H42N4O4S. The molecule has 1 aromatic heterocycles. The van der Waals surface area contributed by atoms with Crippen LogP contribution in [0, 0.1) is 5.92 Å². The minimum Gasteiger partial charge on any atom is -0.388 e. The highest BCUT2D eigenvalue weighted by atomic mass is 32.2. The molecular weight excluding hydrogens is 560 g/mol. The summed E-state index contributed by atoms with van der Waals surface area (Å²) in [6.45, 7) is 2.37. The van der Waals surface area contributed by atoms with E-state index in [0.717, 1.165) is 66.6 Å². The summed E-state index contributed by atoms with van der Waals surface area (Å²) in [5.74, 6) is 1.48. The largest absolute Gasteiger partial charge is 0.388 e. The molecule has 43 heavy (non-hydrogen) atoms. The zero-order chi connectivity index (χ0) is 29.6. The van der Waals surface area contributed by atoms with Crippen molar-refractivity contribution in [2.75, 3.05) is 19.7 Å². The van der Waals surface area contributed by atoms with Crippen LogP contribution in [0.4, 0.5) is 0 Å². The van der Waals surface area contributed by atoms with Crippen molar-refractivity contribution >= 4 is 40.7 Å². The molecule has 1 aliphatic carbocycles. The molecule has 2 aromatic carbocycles. The maximum absolute atomic E-state index is 12.9. The molecule has 1 saturated carbocycles. The smallest absolute Gasteiger partial charge is 0.253 e. The van der Waals surface area contributed by atoms with Gasteiger partial charge in [0.15, 0.2) is 0 Å². The minimum absolute atomic E-state index is 0.0663. The van der Waals surface area contributed by atoms with Crippen LogP contribution in [0.1, 0.15) is 56.1 Å². The van der Waals surface area contributed by atoms with Gasteiger partial charge in [0.25, 0.3) is 5.91 Å². The van der Waals surface area contributed by atoms with Gasteiger partial charge in [0.2, 0.25) is 0 Å². The van der Waals surface area contributed by atoms with Gasteiger partial charge in [-0.2, -0.15) is 0 Å². The summed E-state index contributed by atoms with van der Waals surface area (Å²) < 4.78 is 9.91. The predicted octanol–water partition coefficient (Wildman–Crippen LogP) is 5.14. The number of benzene rings is 2. The molecule has 228 valence electrons. The van der Waals surface area contributed by atoms with Crippen LogP contribution in [0.25, 0.3) is 17.0 Å². The maximum atomic E-state index is 12.9. The number of aliphatic hydroxyl groups is 2. The number of ether oxygens (including phenoxy) is 1. The van der Waals surface area contributed by atoms with Gasteiger partial charge in [0.1, 0.15) is 17.5 Å². The quantitative estimate of drug-likeness (QED) is 0.263. The van der Waals surface area contributed by atoms with Gasteiger partial charge >= 0.3 is 0 Å². The number of aromatic nitrogens is 1. The summed E-state index contributed by atoms with van der Waals surface area (Å²) in [5.41, 5.74) is 2.55. The number of carbonyl (C=O) groups excluding carboxylic acids is 1. The lowest BCUT2D eigenvalue weighted by Gasteiger charge is -2.34. The summed E-state index contributed by atoms with van der Waals surface area (Å²) >= 11 is 1.68. The van der Waals surface area contributed by atoms with Gasteiger partial charge in [-0.15, -0.1) is 0 Å². The van der Waals surface area contributed by atoms with Crippen LogP contribution in [-0.2, 0) is 22.7 Å². The van der Waals surface area contributed by atoms with Crippen molar-refractivity contribution in [1.82, 2.24) is 14.2 Å². The fraction of sp³-hybridized carbons (Fsp3) is 0.471. The van der Waals surface area contributed by atoms with Gasteiger partial charge in [-0.05, 0) is 60.4 Å². The summed E-state index contributed by atoms with van der Waals surface area (Å²) in [4.78, 5) is 17.9. The molecule has 0 unspecified atom stereocenters. The number of aliphatic hydroxyl groups excluding tert-OH is 2. The Morgan fingerprint density at radius 1 is 1.02 bits per heavy atom. The number of hydrogen-bond acceptors (Lipinski definition) is 7. The van der Waals surface area contributed by atoms with E-state index in [4.69, 9.17) is 9.73 Å². The molecule has 6 rings (SSSR count). The molecule has 3 aromatic rings. The molecule has 1 saturated heterocycles. The monoisotopic (exact) mass is 602 g/mol. The standard InChI is InChI=1S/C34H42N4O4S/c39-30(31(40)24-42-23-25-8-3-1-4-9-25)22-37-18-14-28-26(12-7-13-29(28)37)15-21-43-38-19-16-34(17-20-38)33(41)35-32(36-34)27-10-5-2-6-11-27/h1,3-4,7-9,12-15,18,21,27,30-31,39-40H,2,5-6,10-11,16-17,19-20,22-24H2,(H,35,36,41)/b21-15+/t30-,31-/m0/s1. The van der Waals surface area contributed by atoms with Crippen molar-refractivity contribution in [2.45, 2.75) is 75.8 Å². The lowest BCUT2D eigenvalue weighted by Crippen LogP contribution is -2.47. The summed E-state index contributed by atoms with van der Waals surface area (Å²) in [6.07, 6.45) is 9.69. The molecule has 1 spiro atoms. The Bertz CT molecular complexity index is 1440. The van der Waals surface area contributed by atoms with Crippen molar-refractivity contribution in [3.05, 3.63) is 77.3 Å². The predicted molar refractivity (Wildman–Crippen MR) is 172 cm³/mol. The average Bonchev–Trinajstić information content (AvgIpc) is 3.60. The van der Waals surface area contributed by atoms with E-state index in [2.05, 4.69) is 33.2 Å². The molecule has 3 heterocycles. The van der Waals surface area contributed by atoms with Crippen LogP contribution < -0.4 is 5.32 Å². The number of hydrogen-bond donors (Lipinski definition) is 3. The Hall–Kier alpha value is -2.95. The third-order valence-corrected chi connectivity index (χ3v) is 9.99. The highest BCUT2D eigenvalue weighted by Gasteiger charge is 2.46. The molecule has 2 fully saturated rings. The van der Waals surface area contributed by atoms with E-state index in [0.29, 0.717) is 12.5 Å². The number of rotatable bonds is 11. The number of amides is 1. The van der Waals surface area contributed by atoms with Gasteiger partial charge < -0.3 is 24.8 Å². The third-order valence-electron chi connectivity index (χ3n) is 9.07. The van der Waals surface area contributed by atoms with E-state index in [1.807, 2.05) is 53.2 Å². The molecule has 0 bridgehead atoms. The molecule has 2 atom stereocenters. The van der Waals surface area contributed by atoms with Gasteiger partial charge in [-0.25, -0.2) is 4.31 Å². The SMILES string of the molecule is O=C1NC(C2CCCCC2)=NC12CCN(S/C=C/c1cccc3c1ccn3C[C@H](O)[C@@H](O)COCc1ccccc1)CC2. The number of amidine groups is 1. The Morgan fingerprint density at radius 3 is 2.60 bits per heavy atom. The Kier molecular flexibility index (Phi) is 9.64. The van der Waals surface area contributed by atoms with E-state index >= 15 is 0 Å². The van der Waals surface area contributed by atoms with Gasteiger partial charge in [-0.1, -0.05) is 73.7 Å². The van der Waals surface area contributed by atoms with Gasteiger partial charge in [0, 0.05) is 36.1 Å². The van der Waals surface area contributed by atoms with Crippen molar-refractivity contribution < 1.29 is 19.7 Å². The van der Waals surface area contributed by atoms with E-state index in [-0.39, 0.29) is 19.1 Å². The van der Waals surface area contributed by atoms with Crippen LogP contribution in [-0.4, -0.2) is 68.3 Å². The highest BCUT2D eigenvalue weighted by Crippen LogP contribution is 2.36. The molecule has 1 amide bonds. The van der Waals surface area contributed by atoms with E-state index in [1.165, 1.54) is 19.3 Å². The number of piperidine rings is 1. The molecule has 2 aliphatic heterocycles. The van der Waals surface area contributed by atoms with Crippen LogP contribution in [0.15, 0.2) is 71.2 Å². The zero-order valence-corrected chi connectivity index (χ0v) is 25.4. The lowest BCUT2D eigenvalue weighted by molar-refractivity contribution is -0.124. The first-order valence-corrected chi connectivity index (χ1v) is 16.4. The van der Waals surface area contributed by atoms with Gasteiger partial charge in [0.05, 0.1) is 25.9 Å². The molecule has 3 N–H and O–H groups in total. The van der Waals surface area contributed by atoms with E-state index in [9.17, 15) is 15.0 Å². The number of nitrogens with one attached hydrogen (secondary N) is 1. The highest BCUT2D eigenvalue weighted by molar-refractivity contribution is 8.00. The topological polar surface area (TPSA) is 99.3 Å². The Morgan fingerprint density at radius 2 is 1.81 bits per heavy atom. The molecule has 8 nitrogen and oxygen atoms in total. The second-order valence-electron chi connectivity index (χ2n) is 12.0. The number of fused-ring (bicyclic) bond motifs is 1.